The van der Waals surface area contributed by atoms with E-state index in [0.29, 0.717) is 0 Å². The van der Waals surface area contributed by atoms with Crippen LogP contribution in [0.5, 0.6) is 0 Å². The maximum atomic E-state index is 12.1. The summed E-state index contributed by atoms with van der Waals surface area (Å²) in [5.41, 5.74) is 1.73. The Labute approximate surface area is 197 Å². The number of hydrogen-bond donors (Lipinski definition) is 2. The van der Waals surface area contributed by atoms with Crippen molar-refractivity contribution in [3.05, 3.63) is 71.8 Å². The van der Waals surface area contributed by atoms with Crippen LogP contribution in [0.25, 0.3) is 0 Å². The maximum absolute atomic E-state index is 12.1. The van der Waals surface area contributed by atoms with Crippen molar-refractivity contribution >= 4 is 11.9 Å². The molecule has 7 atom stereocenters. The number of benzene rings is 2. The molecule has 0 spiro atoms. The van der Waals surface area contributed by atoms with Crippen molar-refractivity contribution < 1.29 is 38.4 Å². The Bertz CT molecular complexity index is 956. The Morgan fingerprint density at radius 3 is 2.41 bits per heavy atom. The molecule has 0 aromatic heterocycles. The molecule has 4 rings (SSSR count). The predicted molar refractivity (Wildman–Crippen MR) is 119 cm³/mol. The van der Waals surface area contributed by atoms with E-state index in [9.17, 15) is 14.7 Å². The zero-order valence-corrected chi connectivity index (χ0v) is 19.0. The molecule has 2 fully saturated rings. The average molecular weight is 472 g/mol. The standard InChI is InChI=1S/C25H29NO8/c1-15(23(28)29)32-22-20(26-16(2)27)25(30-13-17-9-5-3-6-10-17)33-19-14-31-24(34-21(19)22)18-11-7-4-8-12-18/h3-12,15,19-22,24-25H,13-14H2,1-2H3,(H,26,27)(H,28,29)/t15-,19+,20-,21-,22-,24-,25+/m0/s1. The molecule has 1 amide bonds. The number of carbonyl (C=O) groups is 2. The fourth-order valence-electron chi connectivity index (χ4n) is 4.09. The molecule has 0 aliphatic carbocycles. The van der Waals surface area contributed by atoms with Gasteiger partial charge in [-0.15, -0.1) is 0 Å². The maximum Gasteiger partial charge on any atom is 0.332 e. The van der Waals surface area contributed by atoms with Gasteiger partial charge in [0.05, 0.1) is 13.2 Å². The molecule has 2 N–H and O–H groups in total. The van der Waals surface area contributed by atoms with E-state index >= 15 is 0 Å². The van der Waals surface area contributed by atoms with Crippen molar-refractivity contribution in [3.63, 3.8) is 0 Å². The van der Waals surface area contributed by atoms with Crippen molar-refractivity contribution in [3.8, 4) is 0 Å². The van der Waals surface area contributed by atoms with E-state index in [-0.39, 0.29) is 19.1 Å². The summed E-state index contributed by atoms with van der Waals surface area (Å²) in [4.78, 5) is 23.7. The molecule has 0 bridgehead atoms. The van der Waals surface area contributed by atoms with Gasteiger partial charge >= 0.3 is 5.97 Å². The predicted octanol–water partition coefficient (Wildman–Crippen LogP) is 2.41. The summed E-state index contributed by atoms with van der Waals surface area (Å²) in [6.45, 7) is 3.22. The summed E-state index contributed by atoms with van der Waals surface area (Å²) in [5.74, 6) is -1.46. The molecule has 9 heteroatoms. The zero-order chi connectivity index (χ0) is 24.1. The molecule has 2 aromatic carbocycles. The highest BCUT2D eigenvalue weighted by Gasteiger charge is 2.52. The lowest BCUT2D eigenvalue weighted by molar-refractivity contribution is -0.351. The number of aliphatic carboxylic acids is 1. The number of fused-ring (bicyclic) bond motifs is 1. The van der Waals surface area contributed by atoms with E-state index in [1.165, 1.54) is 13.8 Å². The topological polar surface area (TPSA) is 113 Å². The lowest BCUT2D eigenvalue weighted by atomic mass is 9.95. The molecule has 0 unspecified atom stereocenters. The molecule has 2 saturated heterocycles. The monoisotopic (exact) mass is 471 g/mol. The highest BCUT2D eigenvalue weighted by atomic mass is 16.8. The highest BCUT2D eigenvalue weighted by Crippen LogP contribution is 2.36. The number of amides is 1. The smallest absolute Gasteiger partial charge is 0.332 e. The van der Waals surface area contributed by atoms with Crippen LogP contribution >= 0.6 is 0 Å². The molecule has 2 aliphatic rings. The summed E-state index contributed by atoms with van der Waals surface area (Å²) < 4.78 is 30.3. The molecule has 182 valence electrons. The molecule has 34 heavy (non-hydrogen) atoms. The lowest BCUT2D eigenvalue weighted by Gasteiger charge is -2.49. The van der Waals surface area contributed by atoms with Gasteiger partial charge in [-0.2, -0.15) is 0 Å². The summed E-state index contributed by atoms with van der Waals surface area (Å²) in [6, 6.07) is 18.1. The van der Waals surface area contributed by atoms with Crippen LogP contribution in [0.2, 0.25) is 0 Å². The largest absolute Gasteiger partial charge is 0.479 e. The Morgan fingerprint density at radius 2 is 1.76 bits per heavy atom. The van der Waals surface area contributed by atoms with E-state index in [1.54, 1.807) is 0 Å². The minimum absolute atomic E-state index is 0.184. The third-order valence-corrected chi connectivity index (χ3v) is 5.75. The quantitative estimate of drug-likeness (QED) is 0.604. The fourth-order valence-corrected chi connectivity index (χ4v) is 4.09. The van der Waals surface area contributed by atoms with Gasteiger partial charge in [0.1, 0.15) is 24.4 Å². The van der Waals surface area contributed by atoms with E-state index in [4.69, 9.17) is 23.7 Å². The first-order valence-electron chi connectivity index (χ1n) is 11.2. The first kappa shape index (κ1) is 24.3. The second-order valence-corrected chi connectivity index (χ2v) is 8.32. The van der Waals surface area contributed by atoms with Crippen molar-refractivity contribution in [1.29, 1.82) is 0 Å². The van der Waals surface area contributed by atoms with Gasteiger partial charge in [-0.3, -0.25) is 4.79 Å². The van der Waals surface area contributed by atoms with Crippen LogP contribution in [0.1, 0.15) is 31.3 Å². The van der Waals surface area contributed by atoms with E-state index in [2.05, 4.69) is 5.32 Å². The molecular formula is C25H29NO8. The van der Waals surface area contributed by atoms with Gasteiger partial charge in [0, 0.05) is 12.5 Å². The van der Waals surface area contributed by atoms with Crippen LogP contribution in [0, 0.1) is 0 Å². The van der Waals surface area contributed by atoms with Crippen LogP contribution in [0.15, 0.2) is 60.7 Å². The molecule has 9 nitrogen and oxygen atoms in total. The number of rotatable bonds is 8. The molecule has 2 aliphatic heterocycles. The number of carboxylic acids is 1. The molecule has 2 heterocycles. The number of hydrogen-bond acceptors (Lipinski definition) is 7. The van der Waals surface area contributed by atoms with E-state index in [1.807, 2.05) is 60.7 Å². The molecule has 0 saturated carbocycles. The summed E-state index contributed by atoms with van der Waals surface area (Å²) >= 11 is 0. The van der Waals surface area contributed by atoms with Gasteiger partial charge in [0.15, 0.2) is 18.7 Å². The molecule has 0 radical (unpaired) electrons. The van der Waals surface area contributed by atoms with Gasteiger partial charge in [-0.1, -0.05) is 60.7 Å². The highest BCUT2D eigenvalue weighted by molar-refractivity contribution is 5.73. The minimum Gasteiger partial charge on any atom is -0.479 e. The second kappa shape index (κ2) is 11.1. The van der Waals surface area contributed by atoms with E-state index < -0.39 is 49.0 Å². The zero-order valence-electron chi connectivity index (χ0n) is 19.0. The SMILES string of the molecule is CC(=O)N[C@@H]1[C@H](OCc2ccccc2)O[C@@H]2CO[C@H](c3ccccc3)O[C@@H]2[C@H]1O[C@@H](C)C(=O)O. The van der Waals surface area contributed by atoms with Gasteiger partial charge in [0.25, 0.3) is 0 Å². The number of nitrogens with one attached hydrogen (secondary N) is 1. The molecule has 2 aromatic rings. The first-order chi connectivity index (χ1) is 16.4. The normalized spacial score (nSPS) is 29.6. The Morgan fingerprint density at radius 1 is 1.09 bits per heavy atom. The third kappa shape index (κ3) is 5.81. The van der Waals surface area contributed by atoms with Crippen LogP contribution in [0.3, 0.4) is 0 Å². The Balaban J connectivity index is 1.59. The number of carboxylic acid groups (broad SMARTS) is 1. The average Bonchev–Trinajstić information content (AvgIpc) is 2.84. The van der Waals surface area contributed by atoms with Crippen LogP contribution < -0.4 is 5.32 Å². The first-order valence-corrected chi connectivity index (χ1v) is 11.2. The fraction of sp³-hybridized carbons (Fsp3) is 0.440. The number of carbonyl (C=O) groups excluding carboxylic acids is 1. The van der Waals surface area contributed by atoms with E-state index in [0.717, 1.165) is 11.1 Å². The Hall–Kier alpha value is -2.82. The van der Waals surface area contributed by atoms with Gasteiger partial charge in [0.2, 0.25) is 5.91 Å². The lowest BCUT2D eigenvalue weighted by Crippen LogP contribution is -2.67. The van der Waals surface area contributed by atoms with Crippen LogP contribution in [-0.2, 0) is 39.9 Å². The van der Waals surface area contributed by atoms with Crippen molar-refractivity contribution in [2.24, 2.45) is 0 Å². The van der Waals surface area contributed by atoms with Crippen LogP contribution in [-0.4, -0.2) is 60.3 Å². The number of ether oxygens (including phenoxy) is 5. The molecular weight excluding hydrogens is 442 g/mol. The van der Waals surface area contributed by atoms with Gasteiger partial charge in [-0.05, 0) is 12.5 Å². The summed E-state index contributed by atoms with van der Waals surface area (Å²) in [7, 11) is 0. The second-order valence-electron chi connectivity index (χ2n) is 8.32. The van der Waals surface area contributed by atoms with Gasteiger partial charge in [-0.25, -0.2) is 4.79 Å². The summed E-state index contributed by atoms with van der Waals surface area (Å²) in [6.07, 6.45) is -4.87. The van der Waals surface area contributed by atoms with Crippen LogP contribution in [0.4, 0.5) is 0 Å². The summed E-state index contributed by atoms with van der Waals surface area (Å²) in [5, 5.41) is 12.3. The minimum atomic E-state index is -1.14. The van der Waals surface area contributed by atoms with Crippen molar-refractivity contribution in [1.82, 2.24) is 5.32 Å². The third-order valence-electron chi connectivity index (χ3n) is 5.75. The van der Waals surface area contributed by atoms with Crippen molar-refractivity contribution in [2.45, 2.75) is 63.5 Å². The van der Waals surface area contributed by atoms with Crippen molar-refractivity contribution in [2.75, 3.05) is 6.61 Å². The van der Waals surface area contributed by atoms with Gasteiger partial charge < -0.3 is 34.1 Å². The Kier molecular flexibility index (Phi) is 7.91.